The highest BCUT2D eigenvalue weighted by Crippen LogP contribution is 2.29. The lowest BCUT2D eigenvalue weighted by Crippen LogP contribution is -2.43. The molecule has 1 fully saturated rings. The van der Waals surface area contributed by atoms with Crippen molar-refractivity contribution in [3.8, 4) is 17.2 Å². The molecule has 1 aliphatic rings. The van der Waals surface area contributed by atoms with Crippen LogP contribution in [-0.2, 0) is 16.1 Å². The number of morpholine rings is 1. The fourth-order valence-electron chi connectivity index (χ4n) is 4.55. The maximum absolute atomic E-state index is 12.6. The van der Waals surface area contributed by atoms with Crippen LogP contribution >= 0.6 is 45.2 Å². The summed E-state index contributed by atoms with van der Waals surface area (Å²) in [5.74, 6) is 1.43. The molecule has 1 aliphatic heterocycles. The Labute approximate surface area is 276 Å². The monoisotopic (exact) mass is 808 g/mol. The number of hydrazone groups is 1. The van der Waals surface area contributed by atoms with Gasteiger partial charge in [-0.1, -0.05) is 0 Å². The van der Waals surface area contributed by atoms with Gasteiger partial charge in [-0.05, 0) is 125 Å². The zero-order valence-corrected chi connectivity index (χ0v) is 28.0. The van der Waals surface area contributed by atoms with Crippen LogP contribution in [0.3, 0.4) is 0 Å². The van der Waals surface area contributed by atoms with Gasteiger partial charge in [-0.25, -0.2) is 5.43 Å². The Kier molecular flexibility index (Phi) is 10.4. The molecule has 0 radical (unpaired) electrons. The van der Waals surface area contributed by atoms with Gasteiger partial charge >= 0.3 is 5.91 Å². The van der Waals surface area contributed by atoms with Gasteiger partial charge in [0.2, 0.25) is 0 Å². The van der Waals surface area contributed by atoms with Gasteiger partial charge in [0, 0.05) is 30.2 Å². The number of halogens is 2. The Bertz CT molecular complexity index is 1580. The first-order chi connectivity index (χ1) is 20.8. The van der Waals surface area contributed by atoms with Crippen molar-refractivity contribution in [2.75, 3.05) is 32.9 Å². The lowest BCUT2D eigenvalue weighted by atomic mass is 10.2. The molecule has 10 nitrogen and oxygen atoms in total. The average molecular weight is 808 g/mol. The van der Waals surface area contributed by atoms with Gasteiger partial charge in [0.1, 0.15) is 23.9 Å². The zero-order valence-electron chi connectivity index (χ0n) is 23.6. The average Bonchev–Trinajstić information content (AvgIpc) is 3.62. The van der Waals surface area contributed by atoms with Gasteiger partial charge in [0.15, 0.2) is 12.4 Å². The number of amides is 2. The molecule has 2 aromatic heterocycles. The molecule has 43 heavy (non-hydrogen) atoms. The first-order valence-corrected chi connectivity index (χ1v) is 15.7. The van der Waals surface area contributed by atoms with E-state index in [1.807, 2.05) is 36.4 Å². The predicted molar refractivity (Wildman–Crippen MR) is 178 cm³/mol. The molecule has 4 aromatic rings. The summed E-state index contributed by atoms with van der Waals surface area (Å²) in [5, 5.41) is 4.07. The van der Waals surface area contributed by atoms with E-state index in [0.29, 0.717) is 43.6 Å². The highest BCUT2D eigenvalue weighted by atomic mass is 127. The number of ether oxygens (including phenoxy) is 3. The molecule has 3 heterocycles. The van der Waals surface area contributed by atoms with Crippen molar-refractivity contribution in [1.82, 2.24) is 14.9 Å². The van der Waals surface area contributed by atoms with Crippen molar-refractivity contribution in [1.29, 1.82) is 0 Å². The van der Waals surface area contributed by atoms with Crippen LogP contribution in [0, 0.1) is 21.0 Å². The Morgan fingerprint density at radius 3 is 2.30 bits per heavy atom. The van der Waals surface area contributed by atoms with E-state index in [9.17, 15) is 9.59 Å². The second-order valence-corrected chi connectivity index (χ2v) is 12.1. The third kappa shape index (κ3) is 7.97. The third-order valence-electron chi connectivity index (χ3n) is 6.74. The minimum Gasteiger partial charge on any atom is -0.486 e. The quantitative estimate of drug-likeness (QED) is 0.129. The highest BCUT2D eigenvalue weighted by molar-refractivity contribution is 14.1. The van der Waals surface area contributed by atoms with Crippen LogP contribution in [0.1, 0.15) is 33.3 Å². The summed E-state index contributed by atoms with van der Waals surface area (Å²) in [6.45, 7) is 6.54. The first-order valence-electron chi connectivity index (χ1n) is 13.6. The lowest BCUT2D eigenvalue weighted by Gasteiger charge is -2.26. The standard InChI is InChI=1S/C31H30I2N4O6/c1-20-3-4-21(2)37(20)23-5-7-24(8-6-23)41-18-25-9-10-28(43-25)31(39)35-34-17-22-15-26(32)30(27(33)16-22)42-19-29(38)36-11-13-40-14-12-36/h3-10,15-17H,11-14,18-19H2,1-2H3,(H,35,39)/b34-17+. The SMILES string of the molecule is Cc1ccc(C)n1-c1ccc(OCc2ccc(C(=O)N/N=C/c3cc(I)c(OCC(=O)N4CCOCC4)c(I)c3)o2)cc1. The molecular weight excluding hydrogens is 778 g/mol. The molecule has 1 N–H and O–H groups in total. The summed E-state index contributed by atoms with van der Waals surface area (Å²) in [6, 6.07) is 19.0. The van der Waals surface area contributed by atoms with Crippen LogP contribution < -0.4 is 14.9 Å². The van der Waals surface area contributed by atoms with Crippen molar-refractivity contribution >= 4 is 63.2 Å². The molecule has 0 atom stereocenters. The number of rotatable bonds is 10. The van der Waals surface area contributed by atoms with Crippen molar-refractivity contribution in [2.24, 2.45) is 5.10 Å². The van der Waals surface area contributed by atoms with E-state index in [-0.39, 0.29) is 24.9 Å². The Balaban J connectivity index is 1.10. The van der Waals surface area contributed by atoms with Gasteiger partial charge in [-0.15, -0.1) is 0 Å². The molecule has 12 heteroatoms. The molecule has 0 spiro atoms. The van der Waals surface area contributed by atoms with Crippen LogP contribution in [0.4, 0.5) is 0 Å². The van der Waals surface area contributed by atoms with Crippen LogP contribution in [0.2, 0.25) is 0 Å². The molecular formula is C31H30I2N4O6. The van der Waals surface area contributed by atoms with E-state index in [1.165, 1.54) is 17.6 Å². The smallest absolute Gasteiger partial charge is 0.307 e. The highest BCUT2D eigenvalue weighted by Gasteiger charge is 2.19. The second kappa shape index (κ2) is 14.4. The van der Waals surface area contributed by atoms with Crippen LogP contribution in [0.25, 0.3) is 5.69 Å². The summed E-state index contributed by atoms with van der Waals surface area (Å²) in [5.41, 5.74) is 6.65. The predicted octanol–water partition coefficient (Wildman–Crippen LogP) is 5.48. The molecule has 1 saturated heterocycles. The fourth-order valence-corrected chi connectivity index (χ4v) is 6.68. The molecule has 224 valence electrons. The zero-order chi connectivity index (χ0) is 30.3. The van der Waals surface area contributed by atoms with Gasteiger partial charge in [0.25, 0.3) is 5.91 Å². The number of benzene rings is 2. The van der Waals surface area contributed by atoms with E-state index in [1.54, 1.807) is 17.0 Å². The summed E-state index contributed by atoms with van der Waals surface area (Å²) in [6.07, 6.45) is 1.54. The van der Waals surface area contributed by atoms with Gasteiger partial charge in [-0.3, -0.25) is 9.59 Å². The number of hydrogen-bond donors (Lipinski definition) is 1. The second-order valence-electron chi connectivity index (χ2n) is 9.79. The minimum absolute atomic E-state index is 0.0359. The Hall–Kier alpha value is -3.37. The summed E-state index contributed by atoms with van der Waals surface area (Å²) in [7, 11) is 0. The molecule has 2 amide bonds. The number of carbonyl (C=O) groups is 2. The number of furan rings is 1. The van der Waals surface area contributed by atoms with Gasteiger partial charge < -0.3 is 28.1 Å². The van der Waals surface area contributed by atoms with Crippen molar-refractivity contribution < 1.29 is 28.2 Å². The number of aryl methyl sites for hydroxylation is 2. The summed E-state index contributed by atoms with van der Waals surface area (Å²) in [4.78, 5) is 26.7. The summed E-state index contributed by atoms with van der Waals surface area (Å²) < 4.78 is 26.5. The van der Waals surface area contributed by atoms with Crippen molar-refractivity contribution in [2.45, 2.75) is 20.5 Å². The number of aromatic nitrogens is 1. The summed E-state index contributed by atoms with van der Waals surface area (Å²) >= 11 is 4.31. The number of nitrogens with one attached hydrogen (secondary N) is 1. The van der Waals surface area contributed by atoms with E-state index in [0.717, 1.165) is 18.4 Å². The van der Waals surface area contributed by atoms with E-state index in [4.69, 9.17) is 18.6 Å². The number of hydrogen-bond acceptors (Lipinski definition) is 7. The first kappa shape index (κ1) is 31.1. The number of nitrogens with zero attached hydrogens (tertiary/aromatic N) is 3. The largest absolute Gasteiger partial charge is 0.486 e. The minimum atomic E-state index is -0.477. The maximum Gasteiger partial charge on any atom is 0.307 e. The Morgan fingerprint density at radius 2 is 1.63 bits per heavy atom. The van der Waals surface area contributed by atoms with Crippen LogP contribution in [0.5, 0.6) is 11.5 Å². The molecule has 0 aliphatic carbocycles. The normalized spacial score (nSPS) is 13.3. The lowest BCUT2D eigenvalue weighted by molar-refractivity contribution is -0.137. The fraction of sp³-hybridized carbons (Fsp3) is 0.258. The van der Waals surface area contributed by atoms with Crippen LogP contribution in [0.15, 0.2) is 70.2 Å². The topological polar surface area (TPSA) is 108 Å². The van der Waals surface area contributed by atoms with E-state index >= 15 is 0 Å². The molecule has 5 rings (SSSR count). The molecule has 0 unspecified atom stereocenters. The van der Waals surface area contributed by atoms with Crippen molar-refractivity contribution in [3.63, 3.8) is 0 Å². The van der Waals surface area contributed by atoms with E-state index < -0.39 is 5.91 Å². The maximum atomic E-state index is 12.6. The van der Waals surface area contributed by atoms with Gasteiger partial charge in [0.05, 0.1) is 26.6 Å². The van der Waals surface area contributed by atoms with Crippen LogP contribution in [-0.4, -0.2) is 60.4 Å². The number of carbonyl (C=O) groups excluding carboxylic acids is 2. The molecule has 0 bridgehead atoms. The molecule has 2 aromatic carbocycles. The third-order valence-corrected chi connectivity index (χ3v) is 8.34. The van der Waals surface area contributed by atoms with Gasteiger partial charge in [-0.2, -0.15) is 5.10 Å². The molecule has 0 saturated carbocycles. The van der Waals surface area contributed by atoms with Crippen molar-refractivity contribution in [3.05, 3.63) is 96.3 Å². The van der Waals surface area contributed by atoms with E-state index in [2.05, 4.69) is 86.3 Å². The Morgan fingerprint density at radius 1 is 0.953 bits per heavy atom.